The first-order valence-corrected chi connectivity index (χ1v) is 13.5. The van der Waals surface area contributed by atoms with Crippen LogP contribution in [0.2, 0.25) is 0 Å². The highest BCUT2D eigenvalue weighted by Gasteiger charge is 2.32. The lowest BCUT2D eigenvalue weighted by molar-refractivity contribution is -0.138. The van der Waals surface area contributed by atoms with E-state index in [1.54, 1.807) is 0 Å². The highest BCUT2D eigenvalue weighted by Crippen LogP contribution is 2.40. The summed E-state index contributed by atoms with van der Waals surface area (Å²) in [7, 11) is 0. The van der Waals surface area contributed by atoms with Crippen LogP contribution in [0.4, 0.5) is 13.2 Å². The van der Waals surface area contributed by atoms with Crippen LogP contribution in [0.3, 0.4) is 0 Å². The van der Waals surface area contributed by atoms with Gasteiger partial charge in [-0.3, -0.25) is 4.79 Å². The Bertz CT molecular complexity index is 1030. The molecule has 2 aromatic carbocycles. The quantitative estimate of drug-likeness (QED) is 0.350. The second kappa shape index (κ2) is 12.0. The van der Waals surface area contributed by atoms with Crippen LogP contribution in [-0.2, 0) is 17.4 Å². The number of nitrogens with one attached hydrogen (secondary N) is 1. The molecular formula is C31H42F3NO2. The van der Waals surface area contributed by atoms with Gasteiger partial charge in [0.05, 0.1) is 12.0 Å². The van der Waals surface area contributed by atoms with E-state index in [2.05, 4.69) is 39.9 Å². The van der Waals surface area contributed by atoms with Crippen molar-refractivity contribution in [2.75, 3.05) is 0 Å². The lowest BCUT2D eigenvalue weighted by atomic mass is 9.71. The molecule has 0 amide bonds. The van der Waals surface area contributed by atoms with Crippen molar-refractivity contribution in [2.24, 2.45) is 17.3 Å². The third kappa shape index (κ3) is 8.33. The number of carbonyl (C=O) groups is 1. The predicted octanol–water partition coefficient (Wildman–Crippen LogP) is 8.67. The van der Waals surface area contributed by atoms with E-state index in [0.717, 1.165) is 48.9 Å². The monoisotopic (exact) mass is 517 g/mol. The summed E-state index contributed by atoms with van der Waals surface area (Å²) in [5.41, 5.74) is 2.74. The smallest absolute Gasteiger partial charge is 0.416 e. The summed E-state index contributed by atoms with van der Waals surface area (Å²) in [5, 5.41) is 13.2. The van der Waals surface area contributed by atoms with Gasteiger partial charge in [-0.1, -0.05) is 65.0 Å². The van der Waals surface area contributed by atoms with E-state index in [0.29, 0.717) is 34.4 Å². The zero-order valence-corrected chi connectivity index (χ0v) is 22.8. The molecule has 2 aromatic rings. The lowest BCUT2D eigenvalue weighted by Crippen LogP contribution is -2.38. The molecule has 0 heterocycles. The summed E-state index contributed by atoms with van der Waals surface area (Å²) in [6.07, 6.45) is 1.96. The van der Waals surface area contributed by atoms with Crippen LogP contribution in [0.5, 0.6) is 0 Å². The number of benzene rings is 2. The highest BCUT2D eigenvalue weighted by atomic mass is 19.4. The molecule has 0 saturated heterocycles. The van der Waals surface area contributed by atoms with Gasteiger partial charge in [0.25, 0.3) is 0 Å². The molecule has 3 nitrogen and oxygen atoms in total. The molecule has 204 valence electrons. The minimum absolute atomic E-state index is 0.0368. The molecule has 1 unspecified atom stereocenters. The van der Waals surface area contributed by atoms with Gasteiger partial charge in [-0.2, -0.15) is 13.2 Å². The van der Waals surface area contributed by atoms with Crippen LogP contribution < -0.4 is 5.32 Å². The maximum absolute atomic E-state index is 13.2. The van der Waals surface area contributed by atoms with Crippen molar-refractivity contribution in [3.8, 4) is 11.1 Å². The average molecular weight is 518 g/mol. The fraction of sp³-hybridized carbons (Fsp3) is 0.581. The van der Waals surface area contributed by atoms with Crippen LogP contribution in [-0.4, -0.2) is 17.1 Å². The molecule has 1 atom stereocenters. The third-order valence-corrected chi connectivity index (χ3v) is 7.79. The Balaban J connectivity index is 1.95. The predicted molar refractivity (Wildman–Crippen MR) is 143 cm³/mol. The second-order valence-corrected chi connectivity index (χ2v) is 12.2. The Morgan fingerprint density at radius 2 is 1.59 bits per heavy atom. The fourth-order valence-corrected chi connectivity index (χ4v) is 5.52. The molecule has 3 rings (SSSR count). The van der Waals surface area contributed by atoms with Crippen molar-refractivity contribution < 1.29 is 23.1 Å². The Kier molecular flexibility index (Phi) is 9.49. The van der Waals surface area contributed by atoms with E-state index < -0.39 is 17.7 Å². The number of carboxylic acid groups (broad SMARTS) is 1. The Morgan fingerprint density at radius 1 is 0.973 bits per heavy atom. The molecule has 0 spiro atoms. The van der Waals surface area contributed by atoms with Crippen LogP contribution in [0, 0.1) is 17.3 Å². The van der Waals surface area contributed by atoms with E-state index >= 15 is 0 Å². The summed E-state index contributed by atoms with van der Waals surface area (Å²) in [4.78, 5) is 11.4. The molecule has 0 bridgehead atoms. The molecule has 1 aliphatic carbocycles. The van der Waals surface area contributed by atoms with Gasteiger partial charge in [-0.25, -0.2) is 0 Å². The van der Waals surface area contributed by atoms with Crippen LogP contribution in [0.15, 0.2) is 42.5 Å². The molecular weight excluding hydrogens is 475 g/mol. The topological polar surface area (TPSA) is 49.3 Å². The van der Waals surface area contributed by atoms with Gasteiger partial charge in [0.15, 0.2) is 0 Å². The first-order chi connectivity index (χ1) is 17.2. The third-order valence-electron chi connectivity index (χ3n) is 7.79. The normalized spacial score (nSPS) is 19.7. The number of alkyl halides is 3. The summed E-state index contributed by atoms with van der Waals surface area (Å²) in [6, 6.07) is 11.3. The van der Waals surface area contributed by atoms with Crippen molar-refractivity contribution in [3.05, 3.63) is 59.2 Å². The molecule has 1 aliphatic rings. The molecule has 1 saturated carbocycles. The van der Waals surface area contributed by atoms with Crippen molar-refractivity contribution in [1.29, 1.82) is 0 Å². The molecule has 0 radical (unpaired) electrons. The first kappa shape index (κ1) is 29.2. The maximum atomic E-state index is 13.2. The summed E-state index contributed by atoms with van der Waals surface area (Å²) in [5.74, 6) is 0.288. The van der Waals surface area contributed by atoms with Gasteiger partial charge in [0, 0.05) is 12.1 Å². The molecule has 6 heteroatoms. The second-order valence-electron chi connectivity index (χ2n) is 12.2. The minimum Gasteiger partial charge on any atom is -0.481 e. The average Bonchev–Trinajstić information content (AvgIpc) is 2.80. The summed E-state index contributed by atoms with van der Waals surface area (Å²) in [6.45, 7) is 11.3. The summed E-state index contributed by atoms with van der Waals surface area (Å²) >= 11 is 0. The van der Waals surface area contributed by atoms with Gasteiger partial charge in [-0.05, 0) is 90.2 Å². The van der Waals surface area contributed by atoms with E-state index in [1.165, 1.54) is 25.0 Å². The van der Waals surface area contributed by atoms with E-state index in [4.69, 9.17) is 0 Å². The van der Waals surface area contributed by atoms with Crippen LogP contribution in [0.1, 0.15) is 95.9 Å². The SMILES string of the molecule is CC(C)CCC(NC1CCC(C(C)(C)C)CC1)c1ccc(CC(=O)O)cc1-c1ccc(C(F)(F)F)cc1. The molecule has 0 aliphatic heterocycles. The van der Waals surface area contributed by atoms with Gasteiger partial charge in [0.1, 0.15) is 0 Å². The van der Waals surface area contributed by atoms with E-state index in [-0.39, 0.29) is 12.5 Å². The largest absolute Gasteiger partial charge is 0.481 e. The minimum atomic E-state index is -4.40. The molecule has 0 aromatic heterocycles. The highest BCUT2D eigenvalue weighted by molar-refractivity contribution is 5.74. The van der Waals surface area contributed by atoms with Crippen molar-refractivity contribution in [3.63, 3.8) is 0 Å². The van der Waals surface area contributed by atoms with Crippen molar-refractivity contribution >= 4 is 5.97 Å². The van der Waals surface area contributed by atoms with Crippen LogP contribution >= 0.6 is 0 Å². The fourth-order valence-electron chi connectivity index (χ4n) is 5.52. The van der Waals surface area contributed by atoms with Gasteiger partial charge in [0.2, 0.25) is 0 Å². The molecule has 2 N–H and O–H groups in total. The van der Waals surface area contributed by atoms with Crippen molar-refractivity contribution in [1.82, 2.24) is 5.32 Å². The van der Waals surface area contributed by atoms with Crippen molar-refractivity contribution in [2.45, 2.75) is 97.8 Å². The number of carboxylic acids is 1. The number of aliphatic carboxylic acids is 1. The van der Waals surface area contributed by atoms with Gasteiger partial charge >= 0.3 is 12.1 Å². The number of hydrogen-bond donors (Lipinski definition) is 2. The standard InChI is InChI=1S/C31H42F3NO2/c1-20(2)6-17-28(35-25-14-12-23(13-15-25)30(3,4)5)26-16-7-21(19-29(36)37)18-27(26)22-8-10-24(11-9-22)31(32,33)34/h7-11,16,18,20,23,25,28,35H,6,12-15,17,19H2,1-5H3,(H,36,37). The van der Waals surface area contributed by atoms with E-state index in [9.17, 15) is 23.1 Å². The Hall–Kier alpha value is -2.34. The number of hydrogen-bond acceptors (Lipinski definition) is 2. The zero-order chi connectivity index (χ0) is 27.4. The molecule has 37 heavy (non-hydrogen) atoms. The maximum Gasteiger partial charge on any atom is 0.416 e. The lowest BCUT2D eigenvalue weighted by Gasteiger charge is -2.39. The zero-order valence-electron chi connectivity index (χ0n) is 22.8. The Labute approximate surface area is 219 Å². The Morgan fingerprint density at radius 3 is 2.11 bits per heavy atom. The van der Waals surface area contributed by atoms with E-state index in [1.807, 2.05) is 18.2 Å². The first-order valence-electron chi connectivity index (χ1n) is 13.5. The summed E-state index contributed by atoms with van der Waals surface area (Å²) < 4.78 is 39.6. The number of halogens is 3. The van der Waals surface area contributed by atoms with Gasteiger partial charge in [-0.15, -0.1) is 0 Å². The molecule has 1 fully saturated rings. The number of rotatable bonds is 9. The van der Waals surface area contributed by atoms with Gasteiger partial charge < -0.3 is 10.4 Å². The van der Waals surface area contributed by atoms with Crippen LogP contribution in [0.25, 0.3) is 11.1 Å².